The molecule has 4 nitrogen and oxygen atoms in total. The van der Waals surface area contributed by atoms with E-state index in [-0.39, 0.29) is 0 Å². The Morgan fingerprint density at radius 3 is 3.12 bits per heavy atom. The molecule has 96 valence electrons. The van der Waals surface area contributed by atoms with Crippen LogP contribution >= 0.6 is 0 Å². The van der Waals surface area contributed by atoms with E-state index in [1.807, 2.05) is 7.05 Å². The van der Waals surface area contributed by atoms with Crippen LogP contribution in [0, 0.1) is 0 Å². The summed E-state index contributed by atoms with van der Waals surface area (Å²) in [5, 5.41) is 3.09. The van der Waals surface area contributed by atoms with Crippen molar-refractivity contribution in [2.75, 3.05) is 13.6 Å². The summed E-state index contributed by atoms with van der Waals surface area (Å²) < 4.78 is 5.53. The zero-order valence-electron chi connectivity index (χ0n) is 11.1. The van der Waals surface area contributed by atoms with Gasteiger partial charge in [-0.25, -0.2) is 4.98 Å². The highest BCUT2D eigenvalue weighted by Crippen LogP contribution is 2.23. The zero-order chi connectivity index (χ0) is 12.3. The molecule has 0 radical (unpaired) electrons. The average molecular weight is 237 g/mol. The summed E-state index contributed by atoms with van der Waals surface area (Å²) in [6.07, 6.45) is 5.28. The fraction of sp³-hybridized carbons (Fsp3) is 0.769. The molecule has 0 spiro atoms. The van der Waals surface area contributed by atoms with Crippen LogP contribution in [0.15, 0.2) is 10.7 Å². The van der Waals surface area contributed by atoms with E-state index in [9.17, 15) is 0 Å². The molecule has 1 saturated heterocycles. The van der Waals surface area contributed by atoms with E-state index in [0.29, 0.717) is 12.1 Å². The van der Waals surface area contributed by atoms with Crippen molar-refractivity contribution >= 4 is 0 Å². The van der Waals surface area contributed by atoms with Gasteiger partial charge in [-0.05, 0) is 40.3 Å². The minimum Gasteiger partial charge on any atom is -0.449 e. The lowest BCUT2D eigenvalue weighted by molar-refractivity contribution is 0.195. The third-order valence-corrected chi connectivity index (χ3v) is 3.45. The first-order chi connectivity index (χ1) is 8.20. The van der Waals surface area contributed by atoms with Crippen LogP contribution in [-0.4, -0.2) is 35.6 Å². The van der Waals surface area contributed by atoms with Crippen molar-refractivity contribution in [3.05, 3.63) is 17.8 Å². The first kappa shape index (κ1) is 12.6. The van der Waals surface area contributed by atoms with Crippen LogP contribution in [0.4, 0.5) is 0 Å². The topological polar surface area (TPSA) is 41.3 Å². The lowest BCUT2D eigenvalue weighted by Gasteiger charge is -2.27. The van der Waals surface area contributed by atoms with Crippen molar-refractivity contribution in [1.82, 2.24) is 15.2 Å². The van der Waals surface area contributed by atoms with E-state index in [1.165, 1.54) is 19.4 Å². The standard InChI is InChI=1S/C13H23N3O/c1-10(2)16-6-4-5-12(16)7-13-15-11(8-14-3)9-17-13/h9-10,12,14H,4-8H2,1-3H3. The van der Waals surface area contributed by atoms with Crippen LogP contribution in [0.25, 0.3) is 0 Å². The van der Waals surface area contributed by atoms with Crippen LogP contribution in [0.5, 0.6) is 0 Å². The molecule has 1 fully saturated rings. The van der Waals surface area contributed by atoms with E-state index in [4.69, 9.17) is 4.42 Å². The molecule has 1 atom stereocenters. The van der Waals surface area contributed by atoms with Gasteiger partial charge in [0.15, 0.2) is 5.89 Å². The maximum absolute atomic E-state index is 5.53. The molecular formula is C13H23N3O. The fourth-order valence-corrected chi connectivity index (χ4v) is 2.66. The van der Waals surface area contributed by atoms with Crippen molar-refractivity contribution in [1.29, 1.82) is 0 Å². The number of aromatic nitrogens is 1. The molecular weight excluding hydrogens is 214 g/mol. The Bertz CT molecular complexity index is 348. The molecule has 2 heterocycles. The third-order valence-electron chi connectivity index (χ3n) is 3.45. The molecule has 2 rings (SSSR count). The van der Waals surface area contributed by atoms with Gasteiger partial charge in [0.2, 0.25) is 0 Å². The van der Waals surface area contributed by atoms with Crippen LogP contribution < -0.4 is 5.32 Å². The molecule has 0 aliphatic carbocycles. The van der Waals surface area contributed by atoms with Crippen molar-refractivity contribution in [2.45, 2.75) is 51.7 Å². The van der Waals surface area contributed by atoms with Gasteiger partial charge in [0.1, 0.15) is 6.26 Å². The Morgan fingerprint density at radius 2 is 2.41 bits per heavy atom. The van der Waals surface area contributed by atoms with Crippen molar-refractivity contribution < 1.29 is 4.42 Å². The fourth-order valence-electron chi connectivity index (χ4n) is 2.66. The van der Waals surface area contributed by atoms with E-state index in [2.05, 4.69) is 29.0 Å². The maximum atomic E-state index is 5.53. The highest BCUT2D eigenvalue weighted by molar-refractivity contribution is 4.99. The molecule has 17 heavy (non-hydrogen) atoms. The van der Waals surface area contributed by atoms with Crippen LogP contribution in [0.2, 0.25) is 0 Å². The van der Waals surface area contributed by atoms with E-state index < -0.39 is 0 Å². The van der Waals surface area contributed by atoms with Gasteiger partial charge in [0.25, 0.3) is 0 Å². The predicted octanol–water partition coefficient (Wildman–Crippen LogP) is 1.81. The molecule has 4 heteroatoms. The Balaban J connectivity index is 1.95. The molecule has 0 aromatic carbocycles. The van der Waals surface area contributed by atoms with Crippen molar-refractivity contribution in [3.63, 3.8) is 0 Å². The van der Waals surface area contributed by atoms with Gasteiger partial charge >= 0.3 is 0 Å². The second-order valence-corrected chi connectivity index (χ2v) is 5.09. The Morgan fingerprint density at radius 1 is 1.59 bits per heavy atom. The molecule has 1 aromatic heterocycles. The molecule has 0 amide bonds. The van der Waals surface area contributed by atoms with Gasteiger partial charge in [-0.2, -0.15) is 0 Å². The quantitative estimate of drug-likeness (QED) is 0.848. The molecule has 0 bridgehead atoms. The summed E-state index contributed by atoms with van der Waals surface area (Å²) in [5.41, 5.74) is 0.997. The molecule has 0 saturated carbocycles. The maximum Gasteiger partial charge on any atom is 0.195 e. The van der Waals surface area contributed by atoms with Crippen LogP contribution in [0.3, 0.4) is 0 Å². The number of hydrogen-bond donors (Lipinski definition) is 1. The average Bonchev–Trinajstić information content (AvgIpc) is 2.89. The highest BCUT2D eigenvalue weighted by atomic mass is 16.3. The summed E-state index contributed by atoms with van der Waals surface area (Å²) in [5.74, 6) is 0.882. The van der Waals surface area contributed by atoms with E-state index >= 15 is 0 Å². The van der Waals surface area contributed by atoms with E-state index in [0.717, 1.165) is 24.6 Å². The SMILES string of the molecule is CNCc1coc(CC2CCCN2C(C)C)n1. The number of rotatable bonds is 5. The van der Waals surface area contributed by atoms with Gasteiger partial charge in [-0.1, -0.05) is 0 Å². The monoisotopic (exact) mass is 237 g/mol. The number of hydrogen-bond acceptors (Lipinski definition) is 4. The van der Waals surface area contributed by atoms with Crippen molar-refractivity contribution in [2.24, 2.45) is 0 Å². The zero-order valence-corrected chi connectivity index (χ0v) is 11.1. The first-order valence-electron chi connectivity index (χ1n) is 6.54. The highest BCUT2D eigenvalue weighted by Gasteiger charge is 2.27. The summed E-state index contributed by atoms with van der Waals surface area (Å²) in [7, 11) is 1.92. The number of nitrogens with one attached hydrogen (secondary N) is 1. The molecule has 1 aliphatic heterocycles. The summed E-state index contributed by atoms with van der Waals surface area (Å²) in [4.78, 5) is 7.06. The summed E-state index contributed by atoms with van der Waals surface area (Å²) in [6, 6.07) is 1.23. The molecule has 1 unspecified atom stereocenters. The third kappa shape index (κ3) is 3.07. The lowest BCUT2D eigenvalue weighted by Crippen LogP contribution is -2.36. The molecule has 1 N–H and O–H groups in total. The van der Waals surface area contributed by atoms with Gasteiger partial charge in [-0.3, -0.25) is 4.90 Å². The predicted molar refractivity (Wildman–Crippen MR) is 67.8 cm³/mol. The van der Waals surface area contributed by atoms with Gasteiger partial charge in [0, 0.05) is 25.0 Å². The molecule has 1 aromatic rings. The Hall–Kier alpha value is -0.870. The first-order valence-corrected chi connectivity index (χ1v) is 6.54. The largest absolute Gasteiger partial charge is 0.449 e. The minimum absolute atomic E-state index is 0.607. The number of nitrogens with zero attached hydrogens (tertiary/aromatic N) is 2. The number of oxazole rings is 1. The van der Waals surface area contributed by atoms with Gasteiger partial charge < -0.3 is 9.73 Å². The number of likely N-dealkylation sites (tertiary alicyclic amines) is 1. The Kier molecular flexibility index (Phi) is 4.18. The summed E-state index contributed by atoms with van der Waals surface area (Å²) >= 11 is 0. The smallest absolute Gasteiger partial charge is 0.195 e. The normalized spacial score (nSPS) is 21.5. The second kappa shape index (κ2) is 5.65. The second-order valence-electron chi connectivity index (χ2n) is 5.09. The van der Waals surface area contributed by atoms with Crippen LogP contribution in [-0.2, 0) is 13.0 Å². The lowest BCUT2D eigenvalue weighted by atomic mass is 10.1. The van der Waals surface area contributed by atoms with Crippen LogP contribution in [0.1, 0.15) is 38.3 Å². The van der Waals surface area contributed by atoms with Crippen molar-refractivity contribution in [3.8, 4) is 0 Å². The van der Waals surface area contributed by atoms with E-state index in [1.54, 1.807) is 6.26 Å². The molecule has 1 aliphatic rings. The van der Waals surface area contributed by atoms with Gasteiger partial charge in [0.05, 0.1) is 5.69 Å². The Labute approximate surface area is 103 Å². The van der Waals surface area contributed by atoms with Gasteiger partial charge in [-0.15, -0.1) is 0 Å². The minimum atomic E-state index is 0.607. The summed E-state index contributed by atoms with van der Waals surface area (Å²) in [6.45, 7) is 6.52.